The van der Waals surface area contributed by atoms with Crippen LogP contribution in [0.5, 0.6) is 0 Å². The van der Waals surface area contributed by atoms with Gasteiger partial charge in [0.2, 0.25) is 17.7 Å². The Balaban J connectivity index is 2.99. The zero-order valence-corrected chi connectivity index (χ0v) is 20.7. The topological polar surface area (TPSA) is 225 Å². The van der Waals surface area contributed by atoms with Crippen LogP contribution >= 0.6 is 0 Å². The molecule has 1 aromatic carbocycles. The summed E-state index contributed by atoms with van der Waals surface area (Å²) in [6, 6.07) is 3.20. The number of nitrogens with one attached hydrogen (secondary N) is 3. The Bertz CT molecular complexity index is 968. The van der Waals surface area contributed by atoms with Crippen LogP contribution in [0.4, 0.5) is 0 Å². The molecule has 0 aromatic heterocycles. The van der Waals surface area contributed by atoms with Crippen molar-refractivity contribution in [3.05, 3.63) is 35.9 Å². The van der Waals surface area contributed by atoms with Crippen molar-refractivity contribution in [3.63, 3.8) is 0 Å². The van der Waals surface area contributed by atoms with E-state index < -0.39 is 72.6 Å². The average Bonchev–Trinajstić information content (AvgIpc) is 2.80. The van der Waals surface area contributed by atoms with Crippen molar-refractivity contribution in [1.82, 2.24) is 16.0 Å². The van der Waals surface area contributed by atoms with E-state index in [0.717, 1.165) is 0 Å². The fourth-order valence-corrected chi connectivity index (χ4v) is 3.37. The van der Waals surface area contributed by atoms with Crippen molar-refractivity contribution in [2.75, 3.05) is 0 Å². The van der Waals surface area contributed by atoms with Crippen LogP contribution < -0.4 is 21.7 Å². The monoisotopic (exact) mass is 522 g/mol. The lowest BCUT2D eigenvalue weighted by atomic mass is 10.0. The Kier molecular flexibility index (Phi) is 12.7. The molecular weight excluding hydrogens is 488 g/mol. The van der Waals surface area contributed by atoms with Gasteiger partial charge in [-0.1, -0.05) is 44.2 Å². The molecule has 0 spiro atoms. The summed E-state index contributed by atoms with van der Waals surface area (Å²) in [7, 11) is 0. The van der Waals surface area contributed by atoms with E-state index in [9.17, 15) is 39.0 Å². The Hall–Kier alpha value is -4.00. The highest BCUT2D eigenvalue weighted by Gasteiger charge is 2.32. The van der Waals surface area contributed by atoms with Crippen molar-refractivity contribution in [3.8, 4) is 0 Å². The number of amides is 3. The average molecular weight is 523 g/mol. The lowest BCUT2D eigenvalue weighted by molar-refractivity contribution is -0.143. The Morgan fingerprint density at radius 3 is 1.84 bits per heavy atom. The molecule has 3 amide bonds. The van der Waals surface area contributed by atoms with E-state index in [1.54, 1.807) is 44.2 Å². The van der Waals surface area contributed by atoms with Gasteiger partial charge in [-0.15, -0.1) is 0 Å². The third-order valence-electron chi connectivity index (χ3n) is 5.26. The van der Waals surface area contributed by atoms with E-state index >= 15 is 0 Å². The molecule has 37 heavy (non-hydrogen) atoms. The lowest BCUT2D eigenvalue weighted by Gasteiger charge is -2.25. The van der Waals surface area contributed by atoms with Crippen LogP contribution in [0.3, 0.4) is 0 Å². The number of carbonyl (C=O) groups is 6. The highest BCUT2D eigenvalue weighted by atomic mass is 16.4. The van der Waals surface area contributed by atoms with Gasteiger partial charge in [-0.2, -0.15) is 0 Å². The second-order valence-electron chi connectivity index (χ2n) is 8.98. The van der Waals surface area contributed by atoms with E-state index in [1.807, 2.05) is 0 Å². The molecule has 0 aliphatic heterocycles. The first kappa shape index (κ1) is 31.0. The van der Waals surface area contributed by atoms with Crippen LogP contribution in [0.25, 0.3) is 0 Å². The molecule has 13 nitrogen and oxygen atoms in total. The van der Waals surface area contributed by atoms with Gasteiger partial charge in [-0.25, -0.2) is 4.79 Å². The van der Waals surface area contributed by atoms with Crippen molar-refractivity contribution >= 4 is 35.6 Å². The van der Waals surface area contributed by atoms with Gasteiger partial charge in [0.05, 0.1) is 12.5 Å². The molecule has 0 radical (unpaired) electrons. The minimum atomic E-state index is -1.61. The van der Waals surface area contributed by atoms with E-state index in [-0.39, 0.29) is 25.2 Å². The number of carboxylic acids is 3. The molecule has 4 unspecified atom stereocenters. The third-order valence-corrected chi connectivity index (χ3v) is 5.26. The number of aliphatic carboxylic acids is 3. The predicted octanol–water partition coefficient (Wildman–Crippen LogP) is -0.519. The number of hydrogen-bond acceptors (Lipinski definition) is 7. The standard InChI is InChI=1S/C24H34N4O9/c1-13(2)10-16(22(34)28-18(24(36)37)11-14-6-4-3-5-7-14)27-23(35)17(12-20(31)32)26-21(33)15(25)8-9-19(29)30/h3-7,13,15-18H,8-12,25H2,1-2H3,(H,26,33)(H,27,35)(H,28,34)(H,29,30)(H,31,32)(H,36,37). The van der Waals surface area contributed by atoms with Gasteiger partial charge in [0.25, 0.3) is 0 Å². The first-order valence-corrected chi connectivity index (χ1v) is 11.7. The van der Waals surface area contributed by atoms with Crippen LogP contribution in [0.2, 0.25) is 0 Å². The van der Waals surface area contributed by atoms with Gasteiger partial charge in [0.1, 0.15) is 18.1 Å². The van der Waals surface area contributed by atoms with Gasteiger partial charge >= 0.3 is 17.9 Å². The number of carbonyl (C=O) groups excluding carboxylic acids is 3. The van der Waals surface area contributed by atoms with Crippen molar-refractivity contribution < 1.29 is 44.1 Å². The molecule has 0 aliphatic rings. The number of nitrogens with two attached hydrogens (primary N) is 1. The van der Waals surface area contributed by atoms with Crippen LogP contribution in [0, 0.1) is 5.92 Å². The van der Waals surface area contributed by atoms with E-state index in [0.29, 0.717) is 5.56 Å². The minimum absolute atomic E-state index is 0.00378. The van der Waals surface area contributed by atoms with Gasteiger partial charge in [-0.3, -0.25) is 24.0 Å². The Labute approximate surface area is 213 Å². The maximum absolute atomic E-state index is 13.0. The van der Waals surface area contributed by atoms with Crippen molar-refractivity contribution in [2.45, 2.75) is 70.1 Å². The number of benzene rings is 1. The summed E-state index contributed by atoms with van der Waals surface area (Å²) in [6.45, 7) is 3.53. The second-order valence-corrected chi connectivity index (χ2v) is 8.98. The molecule has 0 aliphatic carbocycles. The summed E-state index contributed by atoms with van der Waals surface area (Å²) in [5.74, 6) is -6.71. The van der Waals surface area contributed by atoms with Gasteiger partial charge < -0.3 is 37.0 Å². The molecule has 0 fully saturated rings. The third kappa shape index (κ3) is 12.0. The fraction of sp³-hybridized carbons (Fsp3) is 0.500. The van der Waals surface area contributed by atoms with Gasteiger partial charge in [0, 0.05) is 12.8 Å². The van der Waals surface area contributed by atoms with Crippen LogP contribution in [-0.4, -0.2) is 75.1 Å². The van der Waals surface area contributed by atoms with E-state index in [1.165, 1.54) is 0 Å². The maximum Gasteiger partial charge on any atom is 0.326 e. The first-order valence-electron chi connectivity index (χ1n) is 11.7. The van der Waals surface area contributed by atoms with Crippen LogP contribution in [-0.2, 0) is 35.2 Å². The summed E-state index contributed by atoms with van der Waals surface area (Å²) in [5.41, 5.74) is 6.30. The van der Waals surface area contributed by atoms with E-state index in [2.05, 4.69) is 16.0 Å². The summed E-state index contributed by atoms with van der Waals surface area (Å²) in [5, 5.41) is 34.5. The molecule has 4 atom stereocenters. The molecular formula is C24H34N4O9. The molecule has 8 N–H and O–H groups in total. The van der Waals surface area contributed by atoms with Gasteiger partial charge in [-0.05, 0) is 24.3 Å². The summed E-state index contributed by atoms with van der Waals surface area (Å²) in [4.78, 5) is 71.9. The molecule has 0 bridgehead atoms. The minimum Gasteiger partial charge on any atom is -0.481 e. The molecule has 0 saturated carbocycles. The fourth-order valence-electron chi connectivity index (χ4n) is 3.37. The Morgan fingerprint density at radius 2 is 1.32 bits per heavy atom. The van der Waals surface area contributed by atoms with Crippen molar-refractivity contribution in [1.29, 1.82) is 0 Å². The second kappa shape index (κ2) is 15.2. The SMILES string of the molecule is CC(C)CC(NC(=O)C(CC(=O)O)NC(=O)C(N)CCC(=O)O)C(=O)NC(Cc1ccccc1)C(=O)O. The molecule has 13 heteroatoms. The first-order chi connectivity index (χ1) is 17.3. The summed E-state index contributed by atoms with van der Waals surface area (Å²) in [6.07, 6.45) is -1.38. The number of hydrogen-bond donors (Lipinski definition) is 7. The lowest BCUT2D eigenvalue weighted by Crippen LogP contribution is -2.57. The zero-order valence-electron chi connectivity index (χ0n) is 20.7. The smallest absolute Gasteiger partial charge is 0.326 e. The van der Waals surface area contributed by atoms with E-state index in [4.69, 9.17) is 10.8 Å². The predicted molar refractivity (Wildman–Crippen MR) is 130 cm³/mol. The number of rotatable bonds is 16. The molecule has 1 rings (SSSR count). The molecule has 0 saturated heterocycles. The quantitative estimate of drug-likeness (QED) is 0.147. The van der Waals surface area contributed by atoms with Gasteiger partial charge in [0.15, 0.2) is 0 Å². The number of carboxylic acid groups (broad SMARTS) is 3. The van der Waals surface area contributed by atoms with Crippen molar-refractivity contribution in [2.24, 2.45) is 11.7 Å². The zero-order chi connectivity index (χ0) is 28.1. The highest BCUT2D eigenvalue weighted by molar-refractivity contribution is 5.95. The molecule has 0 heterocycles. The molecule has 1 aromatic rings. The largest absolute Gasteiger partial charge is 0.481 e. The van der Waals surface area contributed by atoms with Crippen LogP contribution in [0.1, 0.15) is 45.1 Å². The summed E-state index contributed by atoms with van der Waals surface area (Å²) >= 11 is 0. The Morgan fingerprint density at radius 1 is 0.784 bits per heavy atom. The highest BCUT2D eigenvalue weighted by Crippen LogP contribution is 2.09. The normalized spacial score (nSPS) is 14.1. The summed E-state index contributed by atoms with van der Waals surface area (Å²) < 4.78 is 0. The maximum atomic E-state index is 13.0. The van der Waals surface area contributed by atoms with Crippen LogP contribution in [0.15, 0.2) is 30.3 Å². The molecule has 204 valence electrons.